The zero-order chi connectivity index (χ0) is 23.5. The number of hydrogen-bond donors (Lipinski definition) is 1. The first-order valence-electron chi connectivity index (χ1n) is 10.9. The van der Waals surface area contributed by atoms with Crippen LogP contribution >= 0.6 is 0 Å². The molecule has 172 valence electrons. The van der Waals surface area contributed by atoms with Gasteiger partial charge in [-0.1, -0.05) is 6.92 Å². The Labute approximate surface area is 192 Å². The number of halogens is 1. The quantitative estimate of drug-likeness (QED) is 0.615. The second-order valence-electron chi connectivity index (χ2n) is 8.34. The van der Waals surface area contributed by atoms with Crippen LogP contribution in [0.1, 0.15) is 31.0 Å². The van der Waals surface area contributed by atoms with Crippen LogP contribution < -0.4 is 10.1 Å². The van der Waals surface area contributed by atoms with Gasteiger partial charge in [-0.25, -0.2) is 24.3 Å². The predicted octanol–water partition coefficient (Wildman–Crippen LogP) is 3.45. The number of likely N-dealkylation sites (tertiary alicyclic amines) is 1. The Morgan fingerprint density at radius 1 is 1.24 bits per heavy atom. The third-order valence-corrected chi connectivity index (χ3v) is 6.06. The molecule has 3 atom stereocenters. The Kier molecular flexibility index (Phi) is 6.48. The molecule has 4 heterocycles. The molecule has 1 N–H and O–H groups in total. The molecule has 1 saturated heterocycles. The minimum Gasteiger partial charge on any atom is -0.481 e. The van der Waals surface area contributed by atoms with Gasteiger partial charge in [0, 0.05) is 48.7 Å². The van der Waals surface area contributed by atoms with E-state index in [1.165, 1.54) is 13.2 Å². The van der Waals surface area contributed by atoms with Gasteiger partial charge in [-0.2, -0.15) is 0 Å². The van der Waals surface area contributed by atoms with Gasteiger partial charge >= 0.3 is 0 Å². The number of carbonyl (C=O) groups excluding carboxylic acids is 1. The van der Waals surface area contributed by atoms with Crippen LogP contribution in [0.2, 0.25) is 0 Å². The van der Waals surface area contributed by atoms with Gasteiger partial charge in [0.2, 0.25) is 11.8 Å². The lowest BCUT2D eigenvalue weighted by molar-refractivity contribution is -0.131. The molecule has 0 unspecified atom stereocenters. The van der Waals surface area contributed by atoms with Gasteiger partial charge < -0.3 is 15.0 Å². The summed E-state index contributed by atoms with van der Waals surface area (Å²) in [5.41, 5.74) is 1.98. The molecule has 1 fully saturated rings. The zero-order valence-electron chi connectivity index (χ0n) is 19.1. The summed E-state index contributed by atoms with van der Waals surface area (Å²) >= 11 is 0. The number of rotatable bonds is 6. The third-order valence-electron chi connectivity index (χ3n) is 6.06. The van der Waals surface area contributed by atoms with Crippen molar-refractivity contribution in [3.63, 3.8) is 0 Å². The first kappa shape index (κ1) is 22.6. The monoisotopic (exact) mass is 450 g/mol. The van der Waals surface area contributed by atoms with Crippen LogP contribution in [-0.2, 0) is 4.79 Å². The van der Waals surface area contributed by atoms with E-state index in [2.05, 4.69) is 32.2 Å². The number of pyridine rings is 2. The highest BCUT2D eigenvalue weighted by Gasteiger charge is 2.35. The van der Waals surface area contributed by atoms with Crippen molar-refractivity contribution in [2.75, 3.05) is 25.5 Å². The summed E-state index contributed by atoms with van der Waals surface area (Å²) in [4.78, 5) is 32.0. The Morgan fingerprint density at radius 2 is 2.00 bits per heavy atom. The smallest absolute Gasteiger partial charge is 0.230 e. The summed E-state index contributed by atoms with van der Waals surface area (Å²) in [6, 6.07) is 7.14. The number of aryl methyl sites for hydroxylation is 1. The summed E-state index contributed by atoms with van der Waals surface area (Å²) in [5, 5.41) is 3.45. The van der Waals surface area contributed by atoms with E-state index in [1.54, 1.807) is 30.3 Å². The maximum Gasteiger partial charge on any atom is 0.230 e. The molecule has 1 aliphatic heterocycles. The van der Waals surface area contributed by atoms with E-state index in [-0.39, 0.29) is 29.3 Å². The average molecular weight is 451 g/mol. The SMILES string of the molecule is COc1cc([C@@H](C)C(=O)N2C[C@@H](C)[C@H](Nc3ccc(-c4ncccn4)c(C)n3)C2)c(F)cn1. The van der Waals surface area contributed by atoms with Crippen molar-refractivity contribution in [2.24, 2.45) is 5.92 Å². The molecule has 1 amide bonds. The van der Waals surface area contributed by atoms with Crippen LogP contribution in [0.4, 0.5) is 10.2 Å². The number of anilines is 1. The molecule has 8 nitrogen and oxygen atoms in total. The molecule has 0 aliphatic carbocycles. The summed E-state index contributed by atoms with van der Waals surface area (Å²) in [5.74, 6) is 0.576. The number of ether oxygens (including phenoxy) is 1. The zero-order valence-corrected chi connectivity index (χ0v) is 19.1. The molecule has 1 aliphatic rings. The normalized spacial score (nSPS) is 18.8. The molecule has 0 radical (unpaired) electrons. The lowest BCUT2D eigenvalue weighted by Gasteiger charge is -2.22. The van der Waals surface area contributed by atoms with Crippen molar-refractivity contribution >= 4 is 11.7 Å². The van der Waals surface area contributed by atoms with Gasteiger partial charge in [0.05, 0.1) is 24.9 Å². The van der Waals surface area contributed by atoms with Crippen molar-refractivity contribution < 1.29 is 13.9 Å². The Hall–Kier alpha value is -3.62. The highest BCUT2D eigenvalue weighted by Crippen LogP contribution is 2.28. The van der Waals surface area contributed by atoms with Crippen LogP contribution in [0.5, 0.6) is 5.88 Å². The van der Waals surface area contributed by atoms with Gasteiger partial charge in [0.15, 0.2) is 5.82 Å². The second-order valence-corrected chi connectivity index (χ2v) is 8.34. The van der Waals surface area contributed by atoms with E-state index < -0.39 is 11.7 Å². The van der Waals surface area contributed by atoms with Gasteiger partial charge in [-0.3, -0.25) is 4.79 Å². The molecule has 0 bridgehead atoms. The van der Waals surface area contributed by atoms with E-state index in [0.717, 1.165) is 23.3 Å². The summed E-state index contributed by atoms with van der Waals surface area (Å²) in [6.45, 7) is 6.81. The first-order valence-corrected chi connectivity index (χ1v) is 10.9. The van der Waals surface area contributed by atoms with Gasteiger partial charge in [0.25, 0.3) is 0 Å². The van der Waals surface area contributed by atoms with Crippen LogP contribution in [0.25, 0.3) is 11.4 Å². The third kappa shape index (κ3) is 4.76. The molecule has 0 aromatic carbocycles. The number of nitrogens with zero attached hydrogens (tertiary/aromatic N) is 5. The average Bonchev–Trinajstić information content (AvgIpc) is 3.19. The van der Waals surface area contributed by atoms with Crippen molar-refractivity contribution in [3.8, 4) is 17.3 Å². The lowest BCUT2D eigenvalue weighted by atomic mass is 10.0. The number of aromatic nitrogens is 4. The van der Waals surface area contributed by atoms with E-state index >= 15 is 0 Å². The Balaban J connectivity index is 1.45. The van der Waals surface area contributed by atoms with Crippen LogP contribution in [-0.4, -0.2) is 57.0 Å². The fourth-order valence-corrected chi connectivity index (χ4v) is 4.12. The largest absolute Gasteiger partial charge is 0.481 e. The number of amides is 1. The Morgan fingerprint density at radius 3 is 2.70 bits per heavy atom. The fraction of sp³-hybridized carbons (Fsp3) is 0.375. The van der Waals surface area contributed by atoms with E-state index in [9.17, 15) is 9.18 Å². The van der Waals surface area contributed by atoms with Crippen molar-refractivity contribution in [2.45, 2.75) is 32.7 Å². The standard InChI is InChI=1S/C24H27FN6O2/c1-14-12-31(24(32)15(2)18-10-22(33-4)28-11-19(18)25)13-20(14)30-21-7-6-17(16(3)29-21)23-26-8-5-9-27-23/h5-11,14-15,20H,12-13H2,1-4H3,(H,29,30)/t14-,15-,20-/m1/s1. The summed E-state index contributed by atoms with van der Waals surface area (Å²) in [6.07, 6.45) is 4.50. The number of hydrogen-bond acceptors (Lipinski definition) is 7. The maximum absolute atomic E-state index is 14.3. The highest BCUT2D eigenvalue weighted by molar-refractivity contribution is 5.84. The van der Waals surface area contributed by atoms with Crippen LogP contribution in [0.3, 0.4) is 0 Å². The van der Waals surface area contributed by atoms with Crippen LogP contribution in [0, 0.1) is 18.7 Å². The molecular formula is C24H27FN6O2. The Bertz CT molecular complexity index is 1140. The second kappa shape index (κ2) is 9.48. The molecular weight excluding hydrogens is 423 g/mol. The van der Waals surface area contributed by atoms with Gasteiger partial charge in [0.1, 0.15) is 11.6 Å². The fourth-order valence-electron chi connectivity index (χ4n) is 4.12. The van der Waals surface area contributed by atoms with E-state index in [1.807, 2.05) is 19.1 Å². The molecule has 4 rings (SSSR count). The van der Waals surface area contributed by atoms with Crippen molar-refractivity contribution in [3.05, 3.63) is 59.9 Å². The minimum atomic E-state index is -0.640. The van der Waals surface area contributed by atoms with E-state index in [0.29, 0.717) is 18.9 Å². The van der Waals surface area contributed by atoms with Crippen molar-refractivity contribution in [1.29, 1.82) is 0 Å². The molecule has 33 heavy (non-hydrogen) atoms. The minimum absolute atomic E-state index is 0.0312. The molecule has 0 spiro atoms. The molecule has 0 saturated carbocycles. The van der Waals surface area contributed by atoms with Gasteiger partial charge in [-0.05, 0) is 38.0 Å². The van der Waals surface area contributed by atoms with Gasteiger partial charge in [-0.15, -0.1) is 0 Å². The van der Waals surface area contributed by atoms with Crippen molar-refractivity contribution in [1.82, 2.24) is 24.8 Å². The predicted molar refractivity (Wildman–Crippen MR) is 122 cm³/mol. The highest BCUT2D eigenvalue weighted by atomic mass is 19.1. The molecule has 3 aromatic rings. The summed E-state index contributed by atoms with van der Waals surface area (Å²) < 4.78 is 19.4. The lowest BCUT2D eigenvalue weighted by Crippen LogP contribution is -2.34. The molecule has 9 heteroatoms. The van der Waals surface area contributed by atoms with Crippen LogP contribution in [0.15, 0.2) is 42.9 Å². The van der Waals surface area contributed by atoms with E-state index in [4.69, 9.17) is 4.74 Å². The summed E-state index contributed by atoms with van der Waals surface area (Å²) in [7, 11) is 1.46. The number of methoxy groups -OCH3 is 1. The number of nitrogens with one attached hydrogen (secondary N) is 1. The first-order chi connectivity index (χ1) is 15.9. The number of carbonyl (C=O) groups is 1. The molecule has 3 aromatic heterocycles. The topological polar surface area (TPSA) is 93.1 Å². The maximum atomic E-state index is 14.3.